The Bertz CT molecular complexity index is 981. The molecule has 1 aromatic carbocycles. The number of aryl methyl sites for hydroxylation is 1. The van der Waals surface area contributed by atoms with Crippen LogP contribution in [0.15, 0.2) is 41.4 Å². The number of hydrogen-bond acceptors (Lipinski definition) is 6. The van der Waals surface area contributed by atoms with Gasteiger partial charge in [0.25, 0.3) is 5.91 Å². The smallest absolute Gasteiger partial charge is 0.321 e. The number of anilines is 1. The predicted octanol–water partition coefficient (Wildman–Crippen LogP) is 2.55. The number of rotatable bonds is 7. The zero-order valence-electron chi connectivity index (χ0n) is 14.9. The average molecular weight is 446 g/mol. The first-order valence-electron chi connectivity index (χ1n) is 7.96. The van der Waals surface area contributed by atoms with E-state index in [0.29, 0.717) is 5.02 Å². The maximum atomic E-state index is 12.1. The van der Waals surface area contributed by atoms with E-state index < -0.39 is 34.5 Å². The van der Waals surface area contributed by atoms with Crippen molar-refractivity contribution in [2.75, 3.05) is 11.9 Å². The first-order chi connectivity index (χ1) is 13.1. The van der Waals surface area contributed by atoms with Crippen molar-refractivity contribution in [3.05, 3.63) is 52.1 Å². The molecular weight excluding hydrogens is 429 g/mol. The maximum absolute atomic E-state index is 12.1. The van der Waals surface area contributed by atoms with Crippen LogP contribution in [0.2, 0.25) is 10.0 Å². The number of carbonyl (C=O) groups excluding carboxylic acids is 2. The number of nitrogens with zero attached hydrogens (tertiary/aromatic N) is 1. The summed E-state index contributed by atoms with van der Waals surface area (Å²) in [7, 11) is -3.88. The van der Waals surface area contributed by atoms with Crippen molar-refractivity contribution in [1.82, 2.24) is 9.71 Å². The Kier molecular flexibility index (Phi) is 7.36. The third-order valence-corrected chi connectivity index (χ3v) is 5.38. The average Bonchev–Trinajstić information content (AvgIpc) is 2.62. The lowest BCUT2D eigenvalue weighted by Crippen LogP contribution is -2.36. The fourth-order valence-electron chi connectivity index (χ4n) is 1.97. The van der Waals surface area contributed by atoms with Gasteiger partial charge in [-0.2, -0.15) is 4.72 Å². The summed E-state index contributed by atoms with van der Waals surface area (Å²) in [5.41, 5.74) is 0.897. The summed E-state index contributed by atoms with van der Waals surface area (Å²) in [5, 5.41) is 2.80. The second kappa shape index (κ2) is 9.33. The van der Waals surface area contributed by atoms with Crippen molar-refractivity contribution in [3.8, 4) is 0 Å². The SMILES string of the molecule is Cc1ccc(S(=O)(=O)NCC(=O)O[C@H](C)C(=O)Nc2ncc(Cl)cc2Cl)cc1. The molecule has 0 radical (unpaired) electrons. The van der Waals surface area contributed by atoms with Crippen LogP contribution in [0.1, 0.15) is 12.5 Å². The summed E-state index contributed by atoms with van der Waals surface area (Å²) in [6, 6.07) is 7.50. The molecule has 0 bridgehead atoms. The quantitative estimate of drug-likeness (QED) is 0.632. The van der Waals surface area contributed by atoms with E-state index in [2.05, 4.69) is 15.0 Å². The lowest BCUT2D eigenvalue weighted by molar-refractivity contribution is -0.151. The molecule has 1 aromatic heterocycles. The van der Waals surface area contributed by atoms with Gasteiger partial charge in [-0.1, -0.05) is 40.9 Å². The van der Waals surface area contributed by atoms with E-state index in [1.54, 1.807) is 12.1 Å². The molecule has 0 saturated heterocycles. The Morgan fingerprint density at radius 2 is 1.86 bits per heavy atom. The van der Waals surface area contributed by atoms with E-state index in [-0.39, 0.29) is 15.7 Å². The van der Waals surface area contributed by atoms with Crippen molar-refractivity contribution in [3.63, 3.8) is 0 Å². The Morgan fingerprint density at radius 1 is 1.21 bits per heavy atom. The molecule has 28 heavy (non-hydrogen) atoms. The molecule has 1 heterocycles. The van der Waals surface area contributed by atoms with Crippen molar-refractivity contribution >= 4 is 50.9 Å². The number of sulfonamides is 1. The van der Waals surface area contributed by atoms with Crippen LogP contribution in [0.3, 0.4) is 0 Å². The summed E-state index contributed by atoms with van der Waals surface area (Å²) in [5.74, 6) is -1.56. The van der Waals surface area contributed by atoms with Gasteiger partial charge in [0.15, 0.2) is 11.9 Å². The van der Waals surface area contributed by atoms with Crippen LogP contribution in [0, 0.1) is 6.92 Å². The topological polar surface area (TPSA) is 114 Å². The Balaban J connectivity index is 1.89. The lowest BCUT2D eigenvalue weighted by Gasteiger charge is -2.14. The lowest BCUT2D eigenvalue weighted by atomic mass is 10.2. The zero-order chi connectivity index (χ0) is 20.9. The Labute approximate surface area is 172 Å². The largest absolute Gasteiger partial charge is 0.452 e. The van der Waals surface area contributed by atoms with Gasteiger partial charge in [0.2, 0.25) is 10.0 Å². The molecule has 0 saturated carbocycles. The van der Waals surface area contributed by atoms with Gasteiger partial charge in [-0.3, -0.25) is 9.59 Å². The summed E-state index contributed by atoms with van der Waals surface area (Å²) in [6.45, 7) is 2.51. The van der Waals surface area contributed by atoms with Crippen molar-refractivity contribution < 1.29 is 22.7 Å². The maximum Gasteiger partial charge on any atom is 0.321 e. The summed E-state index contributed by atoms with van der Waals surface area (Å²) in [4.78, 5) is 27.8. The molecule has 2 rings (SSSR count). The van der Waals surface area contributed by atoms with E-state index in [0.717, 1.165) is 5.56 Å². The number of pyridine rings is 1. The van der Waals surface area contributed by atoms with Crippen LogP contribution in [-0.4, -0.2) is 37.9 Å². The highest BCUT2D eigenvalue weighted by Crippen LogP contribution is 2.22. The molecule has 8 nitrogen and oxygen atoms in total. The number of ether oxygens (including phenoxy) is 1. The van der Waals surface area contributed by atoms with Crippen LogP contribution in [0.4, 0.5) is 5.82 Å². The highest BCUT2D eigenvalue weighted by molar-refractivity contribution is 7.89. The van der Waals surface area contributed by atoms with Crippen LogP contribution < -0.4 is 10.0 Å². The van der Waals surface area contributed by atoms with Crippen LogP contribution in [-0.2, 0) is 24.3 Å². The Hall–Kier alpha value is -2.20. The molecule has 0 aliphatic heterocycles. The summed E-state index contributed by atoms with van der Waals surface area (Å²) in [6.07, 6.45) is 0.0875. The first kappa shape index (κ1) is 22.1. The number of carbonyl (C=O) groups is 2. The van der Waals surface area contributed by atoms with Crippen LogP contribution >= 0.6 is 23.2 Å². The molecule has 0 fully saturated rings. The molecule has 2 aromatic rings. The van der Waals surface area contributed by atoms with E-state index >= 15 is 0 Å². The normalized spacial score (nSPS) is 12.3. The first-order valence-corrected chi connectivity index (χ1v) is 10.2. The van der Waals surface area contributed by atoms with Crippen molar-refractivity contribution in [1.29, 1.82) is 0 Å². The van der Waals surface area contributed by atoms with Gasteiger partial charge in [-0.15, -0.1) is 0 Å². The zero-order valence-corrected chi connectivity index (χ0v) is 17.2. The van der Waals surface area contributed by atoms with Crippen LogP contribution in [0.5, 0.6) is 0 Å². The molecule has 11 heteroatoms. The van der Waals surface area contributed by atoms with Crippen LogP contribution in [0.25, 0.3) is 0 Å². The molecule has 1 atom stereocenters. The number of nitrogens with one attached hydrogen (secondary N) is 2. The molecule has 150 valence electrons. The second-order valence-electron chi connectivity index (χ2n) is 5.74. The van der Waals surface area contributed by atoms with Gasteiger partial charge in [0, 0.05) is 6.20 Å². The minimum Gasteiger partial charge on any atom is -0.452 e. The van der Waals surface area contributed by atoms with E-state index in [1.807, 2.05) is 6.92 Å². The third-order valence-electron chi connectivity index (χ3n) is 3.46. The number of esters is 1. The minimum absolute atomic E-state index is 0.0140. The molecule has 0 aliphatic rings. The van der Waals surface area contributed by atoms with Gasteiger partial charge < -0.3 is 10.1 Å². The monoisotopic (exact) mass is 445 g/mol. The molecule has 1 amide bonds. The van der Waals surface area contributed by atoms with Gasteiger partial charge in [-0.05, 0) is 32.0 Å². The van der Waals surface area contributed by atoms with E-state index in [4.69, 9.17) is 27.9 Å². The fourth-order valence-corrected chi connectivity index (χ4v) is 3.37. The predicted molar refractivity (Wildman–Crippen MR) is 105 cm³/mol. The van der Waals surface area contributed by atoms with E-state index in [1.165, 1.54) is 31.3 Å². The van der Waals surface area contributed by atoms with Crippen molar-refractivity contribution in [2.45, 2.75) is 24.8 Å². The number of benzene rings is 1. The molecule has 0 unspecified atom stereocenters. The standard InChI is InChI=1S/C17H17Cl2N3O5S/c1-10-3-5-13(6-4-10)28(25,26)21-9-15(23)27-11(2)17(24)22-16-14(19)7-12(18)8-20-16/h3-8,11,21H,9H2,1-2H3,(H,20,22,24)/t11-/m1/s1. The fraction of sp³-hybridized carbons (Fsp3) is 0.235. The highest BCUT2D eigenvalue weighted by Gasteiger charge is 2.21. The van der Waals surface area contributed by atoms with Gasteiger partial charge in [0.1, 0.15) is 6.54 Å². The highest BCUT2D eigenvalue weighted by atomic mass is 35.5. The number of hydrogen-bond donors (Lipinski definition) is 2. The van der Waals surface area contributed by atoms with E-state index in [9.17, 15) is 18.0 Å². The number of halogens is 2. The third kappa shape index (κ3) is 6.16. The van der Waals surface area contributed by atoms with Gasteiger partial charge >= 0.3 is 5.97 Å². The van der Waals surface area contributed by atoms with Gasteiger partial charge in [0.05, 0.1) is 14.9 Å². The molecule has 0 spiro atoms. The second-order valence-corrected chi connectivity index (χ2v) is 8.35. The van der Waals surface area contributed by atoms with Crippen molar-refractivity contribution in [2.24, 2.45) is 0 Å². The Morgan fingerprint density at radius 3 is 2.46 bits per heavy atom. The number of amides is 1. The molecule has 2 N–H and O–H groups in total. The minimum atomic E-state index is -3.88. The summed E-state index contributed by atoms with van der Waals surface area (Å²) >= 11 is 11.6. The number of aromatic nitrogens is 1. The summed E-state index contributed by atoms with van der Waals surface area (Å²) < 4.78 is 31.3. The molecular formula is C17H17Cl2N3O5S. The van der Waals surface area contributed by atoms with Gasteiger partial charge in [-0.25, -0.2) is 13.4 Å². The molecule has 0 aliphatic carbocycles.